The smallest absolute Gasteiger partial charge is 0.257 e. The number of aliphatic imine (C=N–C) groups is 1. The molecule has 3 rings (SSSR count). The molecule has 0 saturated heterocycles. The third-order valence-corrected chi connectivity index (χ3v) is 5.64. The number of nitrogens with one attached hydrogen (secondary N) is 2. The average molecular weight is 459 g/mol. The van der Waals surface area contributed by atoms with Crippen molar-refractivity contribution in [1.82, 2.24) is 10.3 Å². The van der Waals surface area contributed by atoms with Crippen LogP contribution in [0.5, 0.6) is 5.75 Å². The molecule has 0 bridgehead atoms. The molecular formula is C28H34N4O2. The van der Waals surface area contributed by atoms with E-state index in [1.165, 1.54) is 5.56 Å². The van der Waals surface area contributed by atoms with E-state index >= 15 is 0 Å². The lowest BCUT2D eigenvalue weighted by atomic mass is 9.99. The van der Waals surface area contributed by atoms with Gasteiger partial charge in [-0.05, 0) is 78.4 Å². The number of nitrogens with zero attached hydrogens (tertiary/aromatic N) is 2. The molecule has 2 N–H and O–H groups in total. The second-order valence-corrected chi connectivity index (χ2v) is 8.26. The lowest BCUT2D eigenvalue weighted by Crippen LogP contribution is -2.36. The zero-order valence-electron chi connectivity index (χ0n) is 20.3. The van der Waals surface area contributed by atoms with Crippen molar-refractivity contribution in [3.63, 3.8) is 0 Å². The van der Waals surface area contributed by atoms with E-state index in [4.69, 9.17) is 4.74 Å². The van der Waals surface area contributed by atoms with Crippen molar-refractivity contribution in [2.45, 2.75) is 52.5 Å². The number of guanidine groups is 1. The van der Waals surface area contributed by atoms with Crippen LogP contribution in [-0.4, -0.2) is 23.5 Å². The molecule has 34 heavy (non-hydrogen) atoms. The summed E-state index contributed by atoms with van der Waals surface area (Å²) in [6, 6.07) is 19.2. The van der Waals surface area contributed by atoms with Crippen molar-refractivity contribution in [1.29, 1.82) is 0 Å². The molecule has 6 nitrogen and oxygen atoms in total. The molecule has 0 radical (unpaired) electrons. The first-order chi connectivity index (χ1) is 16.6. The van der Waals surface area contributed by atoms with Gasteiger partial charge in [0.1, 0.15) is 5.75 Å². The topological polar surface area (TPSA) is 75.6 Å². The summed E-state index contributed by atoms with van der Waals surface area (Å²) in [5, 5.41) is 6.17. The molecule has 1 amide bonds. The van der Waals surface area contributed by atoms with Crippen LogP contribution >= 0.6 is 0 Å². The first-order valence-corrected chi connectivity index (χ1v) is 11.9. The number of amides is 1. The number of unbranched alkanes of at least 4 members (excludes halogenated alkanes) is 1. The Morgan fingerprint density at radius 3 is 2.35 bits per heavy atom. The van der Waals surface area contributed by atoms with Crippen LogP contribution in [0.2, 0.25) is 0 Å². The Morgan fingerprint density at radius 2 is 1.71 bits per heavy atom. The van der Waals surface area contributed by atoms with Crippen molar-refractivity contribution in [2.24, 2.45) is 4.99 Å². The lowest BCUT2D eigenvalue weighted by molar-refractivity contribution is 0.0977. The molecule has 1 heterocycles. The maximum atomic E-state index is 12.9. The summed E-state index contributed by atoms with van der Waals surface area (Å²) in [5.74, 6) is 1.41. The normalized spacial score (nSPS) is 12.1. The minimum Gasteiger partial charge on any atom is -0.494 e. The molecule has 3 aromatic rings. The summed E-state index contributed by atoms with van der Waals surface area (Å²) >= 11 is 0. The van der Waals surface area contributed by atoms with Gasteiger partial charge in [0.25, 0.3) is 5.91 Å². The Hall–Kier alpha value is -3.67. The largest absolute Gasteiger partial charge is 0.494 e. The summed E-state index contributed by atoms with van der Waals surface area (Å²) < 4.78 is 5.69. The molecule has 0 unspecified atom stereocenters. The highest BCUT2D eigenvalue weighted by atomic mass is 16.5. The van der Waals surface area contributed by atoms with Crippen LogP contribution in [0.4, 0.5) is 5.69 Å². The Labute approximate surface area is 202 Å². The van der Waals surface area contributed by atoms with Gasteiger partial charge in [0.2, 0.25) is 5.96 Å². The SMILES string of the molecule is CCCCOc1ccc(C(=O)NC(=NCc2ccncc2)Nc2ccc([C@H](C)CC)cc2)cc1. The van der Waals surface area contributed by atoms with Gasteiger partial charge >= 0.3 is 0 Å². The van der Waals surface area contributed by atoms with E-state index in [-0.39, 0.29) is 5.91 Å². The van der Waals surface area contributed by atoms with E-state index in [0.29, 0.717) is 30.6 Å². The molecule has 0 aliphatic heterocycles. The number of aromatic nitrogens is 1. The van der Waals surface area contributed by atoms with Crippen LogP contribution in [0.3, 0.4) is 0 Å². The fraction of sp³-hybridized carbons (Fsp3) is 0.321. The summed E-state index contributed by atoms with van der Waals surface area (Å²) in [6.45, 7) is 7.61. The number of hydrogen-bond acceptors (Lipinski definition) is 4. The molecule has 0 saturated carbocycles. The van der Waals surface area contributed by atoms with Crippen molar-refractivity contribution in [3.05, 3.63) is 89.7 Å². The molecule has 0 aliphatic carbocycles. The van der Waals surface area contributed by atoms with Crippen LogP contribution in [0.1, 0.15) is 67.4 Å². The molecule has 1 aromatic heterocycles. The third kappa shape index (κ3) is 7.73. The summed E-state index contributed by atoms with van der Waals surface area (Å²) in [7, 11) is 0. The molecule has 0 fully saturated rings. The Bertz CT molecular complexity index is 1050. The van der Waals surface area contributed by atoms with E-state index in [9.17, 15) is 4.79 Å². The van der Waals surface area contributed by atoms with Gasteiger partial charge in [-0.3, -0.25) is 15.1 Å². The lowest BCUT2D eigenvalue weighted by Gasteiger charge is -2.14. The maximum Gasteiger partial charge on any atom is 0.257 e. The van der Waals surface area contributed by atoms with Crippen molar-refractivity contribution in [2.75, 3.05) is 11.9 Å². The summed E-state index contributed by atoms with van der Waals surface area (Å²) in [6.07, 6.45) is 6.63. The van der Waals surface area contributed by atoms with E-state index in [0.717, 1.165) is 36.3 Å². The second kappa shape index (κ2) is 13.1. The van der Waals surface area contributed by atoms with E-state index in [1.807, 2.05) is 36.4 Å². The molecular weight excluding hydrogens is 424 g/mol. The number of benzene rings is 2. The first kappa shape index (κ1) is 25.0. The molecule has 0 aliphatic rings. The van der Waals surface area contributed by atoms with Gasteiger partial charge in [0.15, 0.2) is 0 Å². The van der Waals surface area contributed by atoms with Crippen LogP contribution in [0.25, 0.3) is 0 Å². The third-order valence-electron chi connectivity index (χ3n) is 5.64. The number of ether oxygens (including phenoxy) is 1. The second-order valence-electron chi connectivity index (χ2n) is 8.26. The monoisotopic (exact) mass is 458 g/mol. The van der Waals surface area contributed by atoms with Crippen LogP contribution in [0.15, 0.2) is 78.0 Å². The highest BCUT2D eigenvalue weighted by molar-refractivity contribution is 6.10. The predicted molar refractivity (Wildman–Crippen MR) is 138 cm³/mol. The van der Waals surface area contributed by atoms with Gasteiger partial charge in [-0.1, -0.05) is 39.3 Å². The number of hydrogen-bond donors (Lipinski definition) is 2. The molecule has 0 spiro atoms. The van der Waals surface area contributed by atoms with Crippen molar-refractivity contribution in [3.8, 4) is 5.75 Å². The summed E-state index contributed by atoms with van der Waals surface area (Å²) in [4.78, 5) is 21.6. The highest BCUT2D eigenvalue weighted by Gasteiger charge is 2.11. The molecule has 1 atom stereocenters. The van der Waals surface area contributed by atoms with Crippen molar-refractivity contribution >= 4 is 17.6 Å². The van der Waals surface area contributed by atoms with Crippen LogP contribution in [-0.2, 0) is 6.54 Å². The number of carbonyl (C=O) groups excluding carboxylic acids is 1. The first-order valence-electron chi connectivity index (χ1n) is 11.9. The van der Waals surface area contributed by atoms with Gasteiger partial charge < -0.3 is 10.1 Å². The van der Waals surface area contributed by atoms with E-state index in [2.05, 4.69) is 53.5 Å². The van der Waals surface area contributed by atoms with Gasteiger partial charge in [0, 0.05) is 23.6 Å². The predicted octanol–water partition coefficient (Wildman–Crippen LogP) is 6.17. The Kier molecular flexibility index (Phi) is 9.65. The number of carbonyl (C=O) groups is 1. The maximum absolute atomic E-state index is 12.9. The summed E-state index contributed by atoms with van der Waals surface area (Å²) in [5.41, 5.74) is 3.69. The fourth-order valence-electron chi connectivity index (χ4n) is 3.25. The van der Waals surface area contributed by atoms with Gasteiger partial charge in [-0.15, -0.1) is 0 Å². The van der Waals surface area contributed by atoms with Gasteiger partial charge in [-0.2, -0.15) is 0 Å². The molecule has 178 valence electrons. The quantitative estimate of drug-likeness (QED) is 0.216. The zero-order valence-corrected chi connectivity index (χ0v) is 20.3. The minimum absolute atomic E-state index is 0.239. The number of rotatable bonds is 10. The number of anilines is 1. The fourth-order valence-corrected chi connectivity index (χ4v) is 3.25. The van der Waals surface area contributed by atoms with E-state index in [1.54, 1.807) is 24.5 Å². The Balaban J connectivity index is 1.72. The zero-order chi connectivity index (χ0) is 24.2. The van der Waals surface area contributed by atoms with Gasteiger partial charge in [0.05, 0.1) is 13.2 Å². The molecule has 6 heteroatoms. The standard InChI is InChI=1S/C28H34N4O2/c1-4-6-19-34-26-13-9-24(10-14-26)27(33)32-28(30-20-22-15-17-29-18-16-22)31-25-11-7-23(8-12-25)21(3)5-2/h7-18,21H,4-6,19-20H2,1-3H3,(H2,30,31,32,33)/t21-/m1/s1. The number of pyridine rings is 1. The minimum atomic E-state index is -0.239. The highest BCUT2D eigenvalue weighted by Crippen LogP contribution is 2.20. The molecule has 2 aromatic carbocycles. The van der Waals surface area contributed by atoms with Crippen LogP contribution in [0, 0.1) is 0 Å². The van der Waals surface area contributed by atoms with Crippen LogP contribution < -0.4 is 15.4 Å². The Morgan fingerprint density at radius 1 is 1.00 bits per heavy atom. The van der Waals surface area contributed by atoms with Gasteiger partial charge in [-0.25, -0.2) is 4.99 Å². The van der Waals surface area contributed by atoms with Crippen molar-refractivity contribution < 1.29 is 9.53 Å². The van der Waals surface area contributed by atoms with E-state index < -0.39 is 0 Å². The average Bonchev–Trinajstić information content (AvgIpc) is 2.88.